The summed E-state index contributed by atoms with van der Waals surface area (Å²) in [5, 5.41) is 10.3. The summed E-state index contributed by atoms with van der Waals surface area (Å²) in [6, 6.07) is 1.83. The Kier molecular flexibility index (Phi) is 6.15. The van der Waals surface area contributed by atoms with Crippen molar-refractivity contribution in [2.24, 2.45) is 5.92 Å². The molecule has 1 aromatic rings. The van der Waals surface area contributed by atoms with Crippen LogP contribution in [0.1, 0.15) is 26.2 Å². The molecule has 1 atom stereocenters. The first-order valence-corrected chi connectivity index (χ1v) is 6.32. The van der Waals surface area contributed by atoms with Gasteiger partial charge in [-0.1, -0.05) is 0 Å². The van der Waals surface area contributed by atoms with E-state index in [-0.39, 0.29) is 18.3 Å². The van der Waals surface area contributed by atoms with Crippen LogP contribution in [0.4, 0.5) is 5.82 Å². The lowest BCUT2D eigenvalue weighted by Crippen LogP contribution is -2.17. The molecule has 6 heteroatoms. The van der Waals surface area contributed by atoms with Gasteiger partial charge in [-0.2, -0.15) is 5.10 Å². The molecule has 102 valence electrons. The van der Waals surface area contributed by atoms with Crippen molar-refractivity contribution in [3.8, 4) is 0 Å². The average Bonchev–Trinajstić information content (AvgIpc) is 2.97. The Morgan fingerprint density at radius 1 is 1.67 bits per heavy atom. The molecule has 2 heterocycles. The summed E-state index contributed by atoms with van der Waals surface area (Å²) in [6.07, 6.45) is 4.47. The Bertz CT molecular complexity index is 374. The van der Waals surface area contributed by atoms with Crippen molar-refractivity contribution in [1.29, 1.82) is 0 Å². The third kappa shape index (κ3) is 3.99. The molecule has 0 spiro atoms. The van der Waals surface area contributed by atoms with Gasteiger partial charge < -0.3 is 10.6 Å². The number of aromatic nitrogens is 2. The molecule has 18 heavy (non-hydrogen) atoms. The summed E-state index contributed by atoms with van der Waals surface area (Å²) in [5.74, 6) is 1.55. The molecule has 0 bridgehead atoms. The van der Waals surface area contributed by atoms with E-state index in [9.17, 15) is 4.79 Å². The standard InChI is InChI=1S/C12H20N4O.ClH/c1-2-16-11(6-8-14-16)15-12(17)4-3-10-5-7-13-9-10;/h6,8,10,13H,2-5,7,9H2,1H3,(H,15,17);1H. The first-order chi connectivity index (χ1) is 8.29. The van der Waals surface area contributed by atoms with Gasteiger partial charge in [0.1, 0.15) is 5.82 Å². The number of rotatable bonds is 5. The molecular formula is C12H21ClN4O. The summed E-state index contributed by atoms with van der Waals surface area (Å²) >= 11 is 0. The number of halogens is 1. The van der Waals surface area contributed by atoms with E-state index in [4.69, 9.17) is 0 Å². The number of hydrogen-bond donors (Lipinski definition) is 2. The number of amides is 1. The van der Waals surface area contributed by atoms with Crippen molar-refractivity contribution >= 4 is 24.1 Å². The van der Waals surface area contributed by atoms with Gasteiger partial charge >= 0.3 is 0 Å². The monoisotopic (exact) mass is 272 g/mol. The van der Waals surface area contributed by atoms with Gasteiger partial charge in [-0.15, -0.1) is 12.4 Å². The predicted octanol–water partition coefficient (Wildman–Crippen LogP) is 1.65. The minimum atomic E-state index is 0. The number of nitrogens with one attached hydrogen (secondary N) is 2. The zero-order valence-corrected chi connectivity index (χ0v) is 11.5. The van der Waals surface area contributed by atoms with Crippen LogP contribution in [0.2, 0.25) is 0 Å². The van der Waals surface area contributed by atoms with Crippen molar-refractivity contribution in [3.05, 3.63) is 12.3 Å². The fourth-order valence-corrected chi connectivity index (χ4v) is 2.19. The second-order valence-electron chi connectivity index (χ2n) is 4.48. The maximum atomic E-state index is 11.8. The van der Waals surface area contributed by atoms with Crippen LogP contribution in [-0.2, 0) is 11.3 Å². The van der Waals surface area contributed by atoms with Crippen LogP contribution in [0.3, 0.4) is 0 Å². The van der Waals surface area contributed by atoms with E-state index >= 15 is 0 Å². The van der Waals surface area contributed by atoms with Gasteiger partial charge in [0, 0.05) is 19.0 Å². The summed E-state index contributed by atoms with van der Waals surface area (Å²) < 4.78 is 1.79. The Balaban J connectivity index is 0.00000162. The van der Waals surface area contributed by atoms with E-state index in [2.05, 4.69) is 15.7 Å². The second-order valence-corrected chi connectivity index (χ2v) is 4.48. The first-order valence-electron chi connectivity index (χ1n) is 6.32. The lowest BCUT2D eigenvalue weighted by atomic mass is 10.0. The highest BCUT2D eigenvalue weighted by Crippen LogP contribution is 2.15. The summed E-state index contributed by atoms with van der Waals surface area (Å²) in [7, 11) is 0. The van der Waals surface area contributed by atoms with Gasteiger partial charge in [0.25, 0.3) is 0 Å². The zero-order valence-electron chi connectivity index (χ0n) is 10.7. The van der Waals surface area contributed by atoms with Gasteiger partial charge in [-0.25, -0.2) is 4.68 Å². The van der Waals surface area contributed by atoms with Gasteiger partial charge in [-0.05, 0) is 38.8 Å². The number of hydrogen-bond acceptors (Lipinski definition) is 3. The van der Waals surface area contributed by atoms with E-state index in [1.807, 2.05) is 13.0 Å². The molecule has 0 aromatic carbocycles. The van der Waals surface area contributed by atoms with Crippen LogP contribution in [0.5, 0.6) is 0 Å². The lowest BCUT2D eigenvalue weighted by Gasteiger charge is -2.09. The molecule has 0 aliphatic carbocycles. The first kappa shape index (κ1) is 15.0. The van der Waals surface area contributed by atoms with E-state index in [0.29, 0.717) is 12.3 Å². The van der Waals surface area contributed by atoms with E-state index < -0.39 is 0 Å². The Morgan fingerprint density at radius 2 is 2.50 bits per heavy atom. The van der Waals surface area contributed by atoms with Crippen molar-refractivity contribution in [3.63, 3.8) is 0 Å². The SMILES string of the molecule is CCn1nccc1NC(=O)CCC1CCNC1.Cl. The third-order valence-electron chi connectivity index (χ3n) is 3.23. The highest BCUT2D eigenvalue weighted by molar-refractivity contribution is 5.89. The van der Waals surface area contributed by atoms with E-state index in [1.165, 1.54) is 6.42 Å². The minimum absolute atomic E-state index is 0. The molecule has 2 N–H and O–H groups in total. The van der Waals surface area contributed by atoms with Gasteiger partial charge in [0.15, 0.2) is 0 Å². The van der Waals surface area contributed by atoms with E-state index in [0.717, 1.165) is 31.9 Å². The number of nitrogens with zero attached hydrogens (tertiary/aromatic N) is 2. The largest absolute Gasteiger partial charge is 0.316 e. The average molecular weight is 273 g/mol. The molecule has 5 nitrogen and oxygen atoms in total. The molecule has 1 aromatic heterocycles. The highest BCUT2D eigenvalue weighted by atomic mass is 35.5. The molecule has 2 rings (SSSR count). The van der Waals surface area contributed by atoms with Crippen LogP contribution >= 0.6 is 12.4 Å². The molecule has 1 aliphatic heterocycles. The molecule has 1 aliphatic rings. The third-order valence-corrected chi connectivity index (χ3v) is 3.23. The van der Waals surface area contributed by atoms with Crippen molar-refractivity contribution < 1.29 is 4.79 Å². The smallest absolute Gasteiger partial charge is 0.225 e. The molecule has 1 saturated heterocycles. The second kappa shape index (κ2) is 7.38. The van der Waals surface area contributed by atoms with Crippen LogP contribution in [-0.4, -0.2) is 28.8 Å². The fourth-order valence-electron chi connectivity index (χ4n) is 2.19. The molecule has 1 amide bonds. The van der Waals surface area contributed by atoms with Crippen molar-refractivity contribution in [2.45, 2.75) is 32.7 Å². The molecule has 0 radical (unpaired) electrons. The Hall–Kier alpha value is -1.07. The maximum Gasteiger partial charge on any atom is 0.225 e. The highest BCUT2D eigenvalue weighted by Gasteiger charge is 2.16. The van der Waals surface area contributed by atoms with Crippen LogP contribution in [0.25, 0.3) is 0 Å². The van der Waals surface area contributed by atoms with Gasteiger partial charge in [0.2, 0.25) is 5.91 Å². The predicted molar refractivity (Wildman–Crippen MR) is 74.0 cm³/mol. The number of carbonyl (C=O) groups is 1. The maximum absolute atomic E-state index is 11.8. The van der Waals surface area contributed by atoms with Gasteiger partial charge in [0.05, 0.1) is 6.20 Å². The topological polar surface area (TPSA) is 59.0 Å². The minimum Gasteiger partial charge on any atom is -0.316 e. The zero-order chi connectivity index (χ0) is 12.1. The van der Waals surface area contributed by atoms with Crippen molar-refractivity contribution in [1.82, 2.24) is 15.1 Å². The van der Waals surface area contributed by atoms with E-state index in [1.54, 1.807) is 10.9 Å². The molecule has 0 saturated carbocycles. The Labute approximate surface area is 114 Å². The number of carbonyl (C=O) groups excluding carboxylic acids is 1. The lowest BCUT2D eigenvalue weighted by molar-refractivity contribution is -0.116. The van der Waals surface area contributed by atoms with Crippen molar-refractivity contribution in [2.75, 3.05) is 18.4 Å². The Morgan fingerprint density at radius 3 is 3.17 bits per heavy atom. The van der Waals surface area contributed by atoms with Crippen LogP contribution < -0.4 is 10.6 Å². The molecular weight excluding hydrogens is 252 g/mol. The summed E-state index contributed by atoms with van der Waals surface area (Å²) in [4.78, 5) is 11.8. The molecule has 1 unspecified atom stereocenters. The fraction of sp³-hybridized carbons (Fsp3) is 0.667. The molecule has 1 fully saturated rings. The number of aryl methyl sites for hydroxylation is 1. The van der Waals surface area contributed by atoms with Crippen LogP contribution in [0, 0.1) is 5.92 Å². The number of anilines is 1. The van der Waals surface area contributed by atoms with Gasteiger partial charge in [-0.3, -0.25) is 4.79 Å². The quantitative estimate of drug-likeness (QED) is 0.857. The van der Waals surface area contributed by atoms with Crippen LogP contribution in [0.15, 0.2) is 12.3 Å². The summed E-state index contributed by atoms with van der Waals surface area (Å²) in [6.45, 7) is 4.93. The summed E-state index contributed by atoms with van der Waals surface area (Å²) in [5.41, 5.74) is 0. The normalized spacial score (nSPS) is 18.4.